The molecule has 0 atom stereocenters. The number of hydrogen-bond donors (Lipinski definition) is 2. The molecule has 1 aromatic heterocycles. The molecule has 4 aliphatic rings. The molecule has 4 aliphatic carbocycles. The summed E-state index contributed by atoms with van der Waals surface area (Å²) in [7, 11) is 0. The van der Waals surface area contributed by atoms with Gasteiger partial charge in [-0.2, -0.15) is 0 Å². The molecule has 0 aromatic carbocycles. The highest BCUT2D eigenvalue weighted by atomic mass is 127. The van der Waals surface area contributed by atoms with Gasteiger partial charge in [0.1, 0.15) is 5.82 Å². The van der Waals surface area contributed by atoms with Crippen LogP contribution in [0.25, 0.3) is 0 Å². The molecule has 0 spiro atoms. The number of halogens is 1. The van der Waals surface area contributed by atoms with E-state index in [1.165, 1.54) is 38.5 Å². The van der Waals surface area contributed by atoms with E-state index in [2.05, 4.69) is 38.2 Å². The summed E-state index contributed by atoms with van der Waals surface area (Å²) in [6.45, 7) is 0. The number of aromatic nitrogens is 1. The van der Waals surface area contributed by atoms with Crippen molar-refractivity contribution in [1.29, 1.82) is 0 Å². The molecule has 4 bridgehead atoms. The maximum atomic E-state index is 12.5. The van der Waals surface area contributed by atoms with E-state index < -0.39 is 0 Å². The fourth-order valence-electron chi connectivity index (χ4n) is 5.62. The Morgan fingerprint density at radius 2 is 1.83 bits per heavy atom. The van der Waals surface area contributed by atoms with Crippen LogP contribution in [-0.2, 0) is 4.79 Å². The van der Waals surface area contributed by atoms with Crippen molar-refractivity contribution in [3.05, 3.63) is 21.9 Å². The number of hydrogen-bond acceptors (Lipinski definition) is 3. The number of carbonyl (C=O) groups excluding carboxylic acids is 1. The Morgan fingerprint density at radius 1 is 1.21 bits per heavy atom. The van der Waals surface area contributed by atoms with Gasteiger partial charge in [-0.25, -0.2) is 4.98 Å². The van der Waals surface area contributed by atoms with Crippen molar-refractivity contribution in [2.75, 3.05) is 5.32 Å². The summed E-state index contributed by atoms with van der Waals surface area (Å²) in [6, 6.07) is 3.81. The molecular weight excluding hydrogens is 433 g/mol. The molecule has 128 valence electrons. The second-order valence-electron chi connectivity index (χ2n) is 7.96. The molecular formula is C18H22IN3OS. The summed E-state index contributed by atoms with van der Waals surface area (Å²) in [4.78, 5) is 16.8. The van der Waals surface area contributed by atoms with Crippen LogP contribution >= 0.6 is 34.8 Å². The van der Waals surface area contributed by atoms with Gasteiger partial charge in [0.2, 0.25) is 5.91 Å². The third-order valence-electron chi connectivity index (χ3n) is 5.92. The van der Waals surface area contributed by atoms with Crippen molar-refractivity contribution >= 4 is 51.6 Å². The van der Waals surface area contributed by atoms with Crippen molar-refractivity contribution < 1.29 is 4.79 Å². The molecule has 0 radical (unpaired) electrons. The van der Waals surface area contributed by atoms with E-state index in [-0.39, 0.29) is 11.3 Å². The van der Waals surface area contributed by atoms with Gasteiger partial charge in [0.25, 0.3) is 0 Å². The van der Waals surface area contributed by atoms with Crippen LogP contribution in [0.4, 0.5) is 5.82 Å². The smallest absolute Gasteiger partial charge is 0.226 e. The van der Waals surface area contributed by atoms with E-state index in [0.717, 1.165) is 21.3 Å². The number of rotatable bonds is 3. The lowest BCUT2D eigenvalue weighted by Gasteiger charge is -2.56. The van der Waals surface area contributed by atoms with Crippen LogP contribution in [0.1, 0.15) is 44.9 Å². The summed E-state index contributed by atoms with van der Waals surface area (Å²) >= 11 is 7.48. The standard InChI is InChI=1S/C18H22IN3OS/c19-14-1-2-15(20-10-14)21-17(24)22-16(23)9-18-6-11-3-12(7-18)5-13(4-11)8-18/h1-2,10-13H,3-9H2,(H2,20,21,22,23,24). The molecule has 6 heteroatoms. The van der Waals surface area contributed by atoms with Crippen LogP contribution < -0.4 is 10.6 Å². The number of carbonyl (C=O) groups is 1. The van der Waals surface area contributed by atoms with E-state index in [1.807, 2.05) is 12.1 Å². The Balaban J connectivity index is 1.33. The van der Waals surface area contributed by atoms with Crippen molar-refractivity contribution in [3.8, 4) is 0 Å². The minimum Gasteiger partial charge on any atom is -0.317 e. The highest BCUT2D eigenvalue weighted by Crippen LogP contribution is 2.61. The Kier molecular flexibility index (Phi) is 4.53. The molecule has 24 heavy (non-hydrogen) atoms. The molecule has 1 aromatic rings. The summed E-state index contributed by atoms with van der Waals surface area (Å²) in [5, 5.41) is 6.20. The normalized spacial score (nSPS) is 33.3. The van der Waals surface area contributed by atoms with Gasteiger partial charge in [-0.1, -0.05) is 0 Å². The van der Waals surface area contributed by atoms with E-state index in [1.54, 1.807) is 6.20 Å². The third-order valence-corrected chi connectivity index (χ3v) is 6.76. The van der Waals surface area contributed by atoms with Crippen LogP contribution in [0.5, 0.6) is 0 Å². The molecule has 4 fully saturated rings. The minimum absolute atomic E-state index is 0.0555. The molecule has 4 saturated carbocycles. The Hall–Kier alpha value is -0.760. The monoisotopic (exact) mass is 455 g/mol. The van der Waals surface area contributed by atoms with Crippen LogP contribution in [0, 0.1) is 26.7 Å². The van der Waals surface area contributed by atoms with Gasteiger partial charge in [-0.3, -0.25) is 4.79 Å². The van der Waals surface area contributed by atoms with Gasteiger partial charge in [0.05, 0.1) is 0 Å². The zero-order valence-corrected chi connectivity index (χ0v) is 16.5. The summed E-state index contributed by atoms with van der Waals surface area (Å²) in [5.41, 5.74) is 0.246. The number of nitrogens with one attached hydrogen (secondary N) is 2. The molecule has 1 amide bonds. The van der Waals surface area contributed by atoms with Gasteiger partial charge >= 0.3 is 0 Å². The number of amides is 1. The van der Waals surface area contributed by atoms with Crippen molar-refractivity contribution in [2.24, 2.45) is 23.2 Å². The molecule has 1 heterocycles. The highest BCUT2D eigenvalue weighted by molar-refractivity contribution is 14.1. The quantitative estimate of drug-likeness (QED) is 0.532. The van der Waals surface area contributed by atoms with Gasteiger partial charge in [-0.15, -0.1) is 0 Å². The van der Waals surface area contributed by atoms with E-state index in [4.69, 9.17) is 12.2 Å². The first-order chi connectivity index (χ1) is 11.5. The molecule has 0 saturated heterocycles. The topological polar surface area (TPSA) is 54.0 Å². The van der Waals surface area contributed by atoms with Crippen molar-refractivity contribution in [1.82, 2.24) is 10.3 Å². The van der Waals surface area contributed by atoms with Crippen LogP contribution in [0.15, 0.2) is 18.3 Å². The van der Waals surface area contributed by atoms with Crippen molar-refractivity contribution in [2.45, 2.75) is 44.9 Å². The van der Waals surface area contributed by atoms with Gasteiger partial charge < -0.3 is 10.6 Å². The maximum absolute atomic E-state index is 12.5. The number of anilines is 1. The predicted octanol–water partition coefficient (Wildman–Crippen LogP) is 4.11. The van der Waals surface area contributed by atoms with E-state index in [0.29, 0.717) is 17.4 Å². The number of pyridine rings is 1. The average molecular weight is 455 g/mol. The summed E-state index contributed by atoms with van der Waals surface area (Å²) < 4.78 is 1.06. The predicted molar refractivity (Wildman–Crippen MR) is 107 cm³/mol. The first-order valence-corrected chi connectivity index (χ1v) is 10.2. The maximum Gasteiger partial charge on any atom is 0.226 e. The second kappa shape index (κ2) is 6.52. The molecule has 2 N–H and O–H groups in total. The SMILES string of the molecule is O=C(CC12CC3CC(CC(C3)C1)C2)NC(=S)Nc1ccc(I)cn1. The number of nitrogens with zero attached hydrogens (tertiary/aromatic N) is 1. The Labute approximate surface area is 161 Å². The lowest BCUT2D eigenvalue weighted by atomic mass is 9.49. The lowest BCUT2D eigenvalue weighted by Crippen LogP contribution is -2.48. The van der Waals surface area contributed by atoms with Gasteiger partial charge in [-0.05, 0) is 109 Å². The molecule has 0 aliphatic heterocycles. The summed E-state index contributed by atoms with van der Waals surface area (Å²) in [6.07, 6.45) is 10.3. The van der Waals surface area contributed by atoms with Gasteiger partial charge in [0.15, 0.2) is 5.11 Å². The highest BCUT2D eigenvalue weighted by Gasteiger charge is 2.51. The second-order valence-corrected chi connectivity index (χ2v) is 9.61. The molecule has 5 rings (SSSR count). The first kappa shape index (κ1) is 16.7. The Bertz CT molecular complexity index is 625. The van der Waals surface area contributed by atoms with Crippen LogP contribution in [0.3, 0.4) is 0 Å². The largest absolute Gasteiger partial charge is 0.317 e. The third kappa shape index (κ3) is 3.59. The zero-order chi connectivity index (χ0) is 16.7. The fraction of sp³-hybridized carbons (Fsp3) is 0.611. The van der Waals surface area contributed by atoms with Crippen LogP contribution in [-0.4, -0.2) is 16.0 Å². The number of thiocarbonyl (C=S) groups is 1. The van der Waals surface area contributed by atoms with Crippen LogP contribution in [0.2, 0.25) is 0 Å². The van der Waals surface area contributed by atoms with E-state index >= 15 is 0 Å². The Morgan fingerprint density at radius 3 is 2.38 bits per heavy atom. The minimum atomic E-state index is 0.0555. The molecule has 0 unspecified atom stereocenters. The zero-order valence-electron chi connectivity index (χ0n) is 13.6. The average Bonchev–Trinajstić information content (AvgIpc) is 2.47. The fourth-order valence-corrected chi connectivity index (χ4v) is 6.15. The van der Waals surface area contributed by atoms with Gasteiger partial charge in [0, 0.05) is 16.2 Å². The summed E-state index contributed by atoms with van der Waals surface area (Å²) in [5.74, 6) is 3.32. The molecule has 4 nitrogen and oxygen atoms in total. The van der Waals surface area contributed by atoms with Crippen molar-refractivity contribution in [3.63, 3.8) is 0 Å². The lowest BCUT2D eigenvalue weighted by molar-refractivity contribution is -0.127. The van der Waals surface area contributed by atoms with E-state index in [9.17, 15) is 4.79 Å². The first-order valence-electron chi connectivity index (χ1n) is 8.72.